The molecular formula is C11H13N3O3S. The maximum Gasteiger partial charge on any atom is 0.267 e. The Balaban J connectivity index is 2.14. The van der Waals surface area contributed by atoms with E-state index < -0.39 is 10.0 Å². The molecule has 1 aromatic heterocycles. The van der Waals surface area contributed by atoms with Crippen LogP contribution in [0.5, 0.6) is 0 Å². The summed E-state index contributed by atoms with van der Waals surface area (Å²) in [5.74, 6) is 0. The van der Waals surface area contributed by atoms with E-state index >= 15 is 0 Å². The second-order valence-corrected chi connectivity index (χ2v) is 5.97. The van der Waals surface area contributed by atoms with Crippen LogP contribution in [0.1, 0.15) is 6.42 Å². The third-order valence-corrected chi connectivity index (χ3v) is 4.65. The van der Waals surface area contributed by atoms with Crippen LogP contribution in [0.4, 0.5) is 5.69 Å². The molecule has 0 spiro atoms. The van der Waals surface area contributed by atoms with Gasteiger partial charge in [-0.1, -0.05) is 4.47 Å². The van der Waals surface area contributed by atoms with E-state index in [0.29, 0.717) is 36.2 Å². The Labute approximate surface area is 104 Å². The van der Waals surface area contributed by atoms with Crippen molar-refractivity contribution in [1.82, 2.24) is 9.45 Å². The van der Waals surface area contributed by atoms with Crippen LogP contribution >= 0.6 is 0 Å². The Bertz CT molecular complexity index is 687. The van der Waals surface area contributed by atoms with Gasteiger partial charge < -0.3 is 10.7 Å². The van der Waals surface area contributed by atoms with Gasteiger partial charge in [-0.05, 0) is 24.6 Å². The van der Waals surface area contributed by atoms with Crippen molar-refractivity contribution in [1.29, 1.82) is 0 Å². The third-order valence-electron chi connectivity index (χ3n) is 2.93. The minimum Gasteiger partial charge on any atom is -0.399 e. The Morgan fingerprint density at radius 3 is 2.94 bits per heavy atom. The van der Waals surface area contributed by atoms with E-state index in [-0.39, 0.29) is 4.90 Å². The molecule has 0 bridgehead atoms. The van der Waals surface area contributed by atoms with Gasteiger partial charge in [0.15, 0.2) is 0 Å². The molecule has 1 aromatic carbocycles. The van der Waals surface area contributed by atoms with E-state index in [1.54, 1.807) is 18.2 Å². The van der Waals surface area contributed by atoms with E-state index in [1.807, 2.05) is 0 Å². The lowest BCUT2D eigenvalue weighted by Crippen LogP contribution is -2.26. The van der Waals surface area contributed by atoms with E-state index in [1.165, 1.54) is 6.20 Å². The number of aromatic nitrogens is 1. The van der Waals surface area contributed by atoms with Crippen LogP contribution < -0.4 is 5.73 Å². The van der Waals surface area contributed by atoms with E-state index in [0.717, 1.165) is 4.47 Å². The second-order valence-electron chi connectivity index (χ2n) is 4.18. The lowest BCUT2D eigenvalue weighted by atomic mass is 10.2. The first kappa shape index (κ1) is 11.5. The maximum absolute atomic E-state index is 12.3. The SMILES string of the molecule is Nc1ccc2c(S(=O)(=O)N3CCCO3)c[nH]c2c1. The van der Waals surface area contributed by atoms with Crippen LogP contribution in [-0.4, -0.2) is 31.0 Å². The van der Waals surface area contributed by atoms with E-state index in [9.17, 15) is 8.42 Å². The number of nitrogens with two attached hydrogens (primary N) is 1. The molecule has 96 valence electrons. The molecule has 0 atom stereocenters. The Hall–Kier alpha value is -1.57. The molecule has 0 amide bonds. The summed E-state index contributed by atoms with van der Waals surface area (Å²) in [6, 6.07) is 5.09. The summed E-state index contributed by atoms with van der Waals surface area (Å²) < 4.78 is 25.7. The van der Waals surface area contributed by atoms with Crippen molar-refractivity contribution in [3.63, 3.8) is 0 Å². The molecule has 0 radical (unpaired) electrons. The van der Waals surface area contributed by atoms with Crippen molar-refractivity contribution in [2.24, 2.45) is 0 Å². The zero-order chi connectivity index (χ0) is 12.8. The summed E-state index contributed by atoms with van der Waals surface area (Å²) in [6.45, 7) is 0.832. The summed E-state index contributed by atoms with van der Waals surface area (Å²) in [4.78, 5) is 8.26. The highest BCUT2D eigenvalue weighted by Crippen LogP contribution is 2.28. The highest BCUT2D eigenvalue weighted by Gasteiger charge is 2.30. The largest absolute Gasteiger partial charge is 0.399 e. The van der Waals surface area contributed by atoms with E-state index in [4.69, 9.17) is 10.6 Å². The third kappa shape index (κ3) is 1.67. The summed E-state index contributed by atoms with van der Waals surface area (Å²) in [7, 11) is -3.60. The molecule has 3 rings (SSSR count). The number of fused-ring (bicyclic) bond motifs is 1. The van der Waals surface area contributed by atoms with Crippen molar-refractivity contribution < 1.29 is 13.3 Å². The van der Waals surface area contributed by atoms with Gasteiger partial charge >= 0.3 is 0 Å². The van der Waals surface area contributed by atoms with Crippen LogP contribution in [0.2, 0.25) is 0 Å². The van der Waals surface area contributed by atoms with Crippen molar-refractivity contribution in [2.75, 3.05) is 18.9 Å². The fourth-order valence-electron chi connectivity index (χ4n) is 2.05. The van der Waals surface area contributed by atoms with Gasteiger partial charge in [-0.25, -0.2) is 8.42 Å². The Morgan fingerprint density at radius 1 is 1.39 bits per heavy atom. The quantitative estimate of drug-likeness (QED) is 0.797. The fraction of sp³-hybridized carbons (Fsp3) is 0.273. The molecule has 7 heteroatoms. The minimum atomic E-state index is -3.60. The molecule has 1 saturated heterocycles. The molecule has 2 heterocycles. The van der Waals surface area contributed by atoms with Gasteiger partial charge in [-0.2, -0.15) is 0 Å². The molecule has 1 fully saturated rings. The fourth-order valence-corrected chi connectivity index (χ4v) is 3.52. The number of hydrogen-bond acceptors (Lipinski definition) is 4. The van der Waals surface area contributed by atoms with Crippen molar-refractivity contribution in [3.05, 3.63) is 24.4 Å². The van der Waals surface area contributed by atoms with Crippen LogP contribution in [0.15, 0.2) is 29.3 Å². The summed E-state index contributed by atoms with van der Waals surface area (Å²) in [6.07, 6.45) is 2.19. The lowest BCUT2D eigenvalue weighted by Gasteiger charge is -2.13. The molecule has 2 aromatic rings. The zero-order valence-corrected chi connectivity index (χ0v) is 10.4. The predicted octanol–water partition coefficient (Wildman–Crippen LogP) is 1.08. The predicted molar refractivity (Wildman–Crippen MR) is 67.2 cm³/mol. The number of sulfonamides is 1. The Morgan fingerprint density at radius 2 is 2.22 bits per heavy atom. The summed E-state index contributed by atoms with van der Waals surface area (Å²) in [5.41, 5.74) is 6.95. The first-order chi connectivity index (χ1) is 8.59. The molecule has 1 aliphatic heterocycles. The highest BCUT2D eigenvalue weighted by atomic mass is 32.2. The van der Waals surface area contributed by atoms with Crippen LogP contribution in [-0.2, 0) is 14.9 Å². The average Bonchev–Trinajstić information content (AvgIpc) is 2.97. The number of nitrogens with zero attached hydrogens (tertiary/aromatic N) is 1. The van der Waals surface area contributed by atoms with Gasteiger partial charge in [0.25, 0.3) is 10.0 Å². The second kappa shape index (κ2) is 3.98. The normalized spacial score (nSPS) is 17.6. The smallest absolute Gasteiger partial charge is 0.267 e. The maximum atomic E-state index is 12.3. The molecule has 0 unspecified atom stereocenters. The number of H-pyrrole nitrogens is 1. The molecule has 0 saturated carbocycles. The van der Waals surface area contributed by atoms with Gasteiger partial charge in [0.2, 0.25) is 0 Å². The lowest BCUT2D eigenvalue weighted by molar-refractivity contribution is -0.0283. The van der Waals surface area contributed by atoms with Gasteiger partial charge in [0, 0.05) is 29.3 Å². The topological polar surface area (TPSA) is 88.4 Å². The summed E-state index contributed by atoms with van der Waals surface area (Å²) >= 11 is 0. The molecule has 0 aliphatic carbocycles. The number of benzene rings is 1. The van der Waals surface area contributed by atoms with Crippen LogP contribution in [0, 0.1) is 0 Å². The van der Waals surface area contributed by atoms with Gasteiger partial charge in [-0.3, -0.25) is 4.84 Å². The number of rotatable bonds is 2. The van der Waals surface area contributed by atoms with Crippen molar-refractivity contribution in [2.45, 2.75) is 11.3 Å². The number of aromatic amines is 1. The van der Waals surface area contributed by atoms with Gasteiger partial charge in [0.1, 0.15) is 4.90 Å². The van der Waals surface area contributed by atoms with Gasteiger partial charge in [0.05, 0.1) is 6.61 Å². The molecule has 3 N–H and O–H groups in total. The van der Waals surface area contributed by atoms with Crippen LogP contribution in [0.25, 0.3) is 10.9 Å². The molecular weight excluding hydrogens is 254 g/mol. The average molecular weight is 267 g/mol. The molecule has 1 aliphatic rings. The first-order valence-electron chi connectivity index (χ1n) is 5.61. The number of hydroxylamine groups is 1. The van der Waals surface area contributed by atoms with Gasteiger partial charge in [-0.15, -0.1) is 0 Å². The number of hydrogen-bond donors (Lipinski definition) is 2. The number of nitrogen functional groups attached to an aromatic ring is 1. The first-order valence-corrected chi connectivity index (χ1v) is 7.05. The highest BCUT2D eigenvalue weighted by molar-refractivity contribution is 7.89. The standard InChI is InChI=1S/C11H13N3O3S/c12-8-2-3-9-10(6-8)13-7-11(9)18(15,16)14-4-1-5-17-14/h2-3,6-7,13H,1,4-5,12H2. The molecule has 6 nitrogen and oxygen atoms in total. The van der Waals surface area contributed by atoms with E-state index in [2.05, 4.69) is 4.98 Å². The van der Waals surface area contributed by atoms with Crippen molar-refractivity contribution in [3.8, 4) is 0 Å². The van der Waals surface area contributed by atoms with Crippen molar-refractivity contribution >= 4 is 26.6 Å². The summed E-state index contributed by atoms with van der Waals surface area (Å²) in [5, 5.41) is 0.625. The Kier molecular flexibility index (Phi) is 2.54. The number of nitrogens with one attached hydrogen (secondary N) is 1. The molecule has 18 heavy (non-hydrogen) atoms. The van der Waals surface area contributed by atoms with Crippen LogP contribution in [0.3, 0.4) is 0 Å². The number of anilines is 1. The zero-order valence-electron chi connectivity index (χ0n) is 9.59. The minimum absolute atomic E-state index is 0.222. The monoisotopic (exact) mass is 267 g/mol.